The van der Waals surface area contributed by atoms with Gasteiger partial charge in [0.1, 0.15) is 5.82 Å². The number of hydrogen-bond acceptors (Lipinski definition) is 5. The number of hydrogen-bond donors (Lipinski definition) is 1. The van der Waals surface area contributed by atoms with E-state index in [2.05, 4.69) is 10.3 Å². The highest BCUT2D eigenvalue weighted by Gasteiger charge is 2.27. The summed E-state index contributed by atoms with van der Waals surface area (Å²) >= 11 is 0. The first kappa shape index (κ1) is 24.1. The van der Waals surface area contributed by atoms with Crippen LogP contribution in [0.1, 0.15) is 43.5 Å². The van der Waals surface area contributed by atoms with Crippen molar-refractivity contribution in [2.75, 3.05) is 18.4 Å². The lowest BCUT2D eigenvalue weighted by atomic mass is 10.2. The molecule has 3 aromatic rings. The molecule has 1 amide bonds. The summed E-state index contributed by atoms with van der Waals surface area (Å²) < 4.78 is 29.6. The highest BCUT2D eigenvalue weighted by Crippen LogP contribution is 2.26. The first-order valence-corrected chi connectivity index (χ1v) is 13.1. The minimum Gasteiger partial charge on any atom is -0.326 e. The molecule has 0 atom stereocenters. The van der Waals surface area contributed by atoms with Crippen molar-refractivity contribution in [1.82, 2.24) is 13.9 Å². The Morgan fingerprint density at radius 1 is 1.03 bits per heavy atom. The van der Waals surface area contributed by atoms with E-state index in [-0.39, 0.29) is 29.3 Å². The molecule has 1 aliphatic rings. The molecule has 2 aromatic carbocycles. The number of benzene rings is 2. The van der Waals surface area contributed by atoms with Crippen LogP contribution in [0.5, 0.6) is 0 Å². The number of rotatable bonds is 6. The second-order valence-corrected chi connectivity index (χ2v) is 10.6. The van der Waals surface area contributed by atoms with E-state index in [1.54, 1.807) is 48.5 Å². The average Bonchev–Trinajstić information content (AvgIpc) is 3.10. The molecule has 2 heterocycles. The fourth-order valence-corrected chi connectivity index (χ4v) is 6.12. The number of nitrogens with one attached hydrogen (secondary N) is 1. The molecule has 0 spiro atoms. The van der Waals surface area contributed by atoms with Gasteiger partial charge in [0.15, 0.2) is 0 Å². The number of anilines is 1. The first-order valence-electron chi connectivity index (χ1n) is 11.6. The molecule has 0 radical (unpaired) electrons. The van der Waals surface area contributed by atoms with E-state index in [0.717, 1.165) is 25.7 Å². The second-order valence-electron chi connectivity index (χ2n) is 8.73. The van der Waals surface area contributed by atoms with Crippen molar-refractivity contribution < 1.29 is 13.2 Å². The van der Waals surface area contributed by atoms with Gasteiger partial charge < -0.3 is 5.32 Å². The standard InChI is InChI=1S/C25H30N4O4S/c1-18-11-12-20(17-23(18)34(32,33)28-14-7-3-4-8-15-28)27-24(30)13-16-29-19(2)26-22-10-6-5-9-21(22)25(29)31/h5-6,9-12,17H,3-4,7-8,13-16H2,1-2H3,(H,27,30). The van der Waals surface area contributed by atoms with Gasteiger partial charge in [0, 0.05) is 31.7 Å². The molecule has 1 saturated heterocycles. The summed E-state index contributed by atoms with van der Waals surface area (Å²) in [6.07, 6.45) is 3.85. The van der Waals surface area contributed by atoms with Crippen LogP contribution in [0.3, 0.4) is 0 Å². The lowest BCUT2D eigenvalue weighted by Gasteiger charge is -2.21. The molecular weight excluding hydrogens is 452 g/mol. The van der Waals surface area contributed by atoms with Gasteiger partial charge in [-0.2, -0.15) is 4.31 Å². The van der Waals surface area contributed by atoms with Gasteiger partial charge in [-0.05, 0) is 56.5 Å². The lowest BCUT2D eigenvalue weighted by molar-refractivity contribution is -0.116. The molecule has 9 heteroatoms. The monoisotopic (exact) mass is 482 g/mol. The van der Waals surface area contributed by atoms with Gasteiger partial charge in [-0.3, -0.25) is 14.2 Å². The maximum Gasteiger partial charge on any atom is 0.261 e. The number of fused-ring (bicyclic) bond motifs is 1. The molecule has 180 valence electrons. The van der Waals surface area contributed by atoms with Crippen molar-refractivity contribution in [1.29, 1.82) is 0 Å². The van der Waals surface area contributed by atoms with Gasteiger partial charge >= 0.3 is 0 Å². The Morgan fingerprint density at radius 2 is 1.74 bits per heavy atom. The zero-order chi connectivity index (χ0) is 24.3. The summed E-state index contributed by atoms with van der Waals surface area (Å²) in [5.74, 6) is 0.235. The minimum absolute atomic E-state index is 0.0584. The summed E-state index contributed by atoms with van der Waals surface area (Å²) in [5, 5.41) is 3.30. The molecule has 4 rings (SSSR count). The van der Waals surface area contributed by atoms with Gasteiger partial charge in [0.2, 0.25) is 15.9 Å². The molecule has 1 fully saturated rings. The van der Waals surface area contributed by atoms with Gasteiger partial charge in [-0.15, -0.1) is 0 Å². The van der Waals surface area contributed by atoms with E-state index in [9.17, 15) is 18.0 Å². The highest BCUT2D eigenvalue weighted by atomic mass is 32.2. The normalized spacial score (nSPS) is 15.2. The minimum atomic E-state index is -3.63. The second kappa shape index (κ2) is 10.1. The Labute approximate surface area is 199 Å². The fourth-order valence-electron chi connectivity index (χ4n) is 4.36. The van der Waals surface area contributed by atoms with E-state index in [4.69, 9.17) is 0 Å². The summed E-state index contributed by atoms with van der Waals surface area (Å²) in [6, 6.07) is 12.1. The Morgan fingerprint density at radius 3 is 2.47 bits per heavy atom. The van der Waals surface area contributed by atoms with E-state index < -0.39 is 10.0 Å². The molecule has 1 aromatic heterocycles. The number of nitrogens with zero attached hydrogens (tertiary/aromatic N) is 3. The molecule has 0 unspecified atom stereocenters. The zero-order valence-electron chi connectivity index (χ0n) is 19.6. The molecule has 1 N–H and O–H groups in total. The van der Waals surface area contributed by atoms with Crippen molar-refractivity contribution in [2.45, 2.75) is 57.4 Å². The summed E-state index contributed by atoms with van der Waals surface area (Å²) in [6.45, 7) is 4.72. The number of amides is 1. The van der Waals surface area contributed by atoms with Crippen LogP contribution in [0.15, 0.2) is 52.2 Å². The SMILES string of the molecule is Cc1ccc(NC(=O)CCn2c(C)nc3ccccc3c2=O)cc1S(=O)(=O)N1CCCCCC1. The van der Waals surface area contributed by atoms with E-state index in [1.807, 2.05) is 6.07 Å². The lowest BCUT2D eigenvalue weighted by Crippen LogP contribution is -2.32. The fraction of sp³-hybridized carbons (Fsp3) is 0.400. The van der Waals surface area contributed by atoms with Gasteiger partial charge in [0.05, 0.1) is 15.8 Å². The van der Waals surface area contributed by atoms with Crippen LogP contribution in [-0.4, -0.2) is 41.3 Å². The molecule has 0 bridgehead atoms. The number of carbonyl (C=O) groups is 1. The predicted molar refractivity (Wildman–Crippen MR) is 132 cm³/mol. The topological polar surface area (TPSA) is 101 Å². The Balaban J connectivity index is 1.49. The van der Waals surface area contributed by atoms with Crippen LogP contribution in [0, 0.1) is 13.8 Å². The predicted octanol–water partition coefficient (Wildman–Crippen LogP) is 3.61. The maximum absolute atomic E-state index is 13.3. The van der Waals surface area contributed by atoms with Gasteiger partial charge in [0.25, 0.3) is 5.56 Å². The third kappa shape index (κ3) is 5.05. The van der Waals surface area contributed by atoms with Crippen molar-refractivity contribution in [3.63, 3.8) is 0 Å². The molecule has 1 aliphatic heterocycles. The number of carbonyl (C=O) groups excluding carboxylic acids is 1. The number of aromatic nitrogens is 2. The number of para-hydroxylation sites is 1. The number of aryl methyl sites for hydroxylation is 2. The molecule has 34 heavy (non-hydrogen) atoms. The van der Waals surface area contributed by atoms with Crippen LogP contribution in [-0.2, 0) is 21.4 Å². The van der Waals surface area contributed by atoms with E-state index in [1.165, 1.54) is 10.6 Å². The molecule has 0 aliphatic carbocycles. The summed E-state index contributed by atoms with van der Waals surface area (Å²) in [4.78, 5) is 30.1. The Bertz CT molecular complexity index is 1370. The molecular formula is C25H30N4O4S. The average molecular weight is 483 g/mol. The summed E-state index contributed by atoms with van der Waals surface area (Å²) in [5.41, 5.74) is 1.51. The first-order chi connectivity index (χ1) is 16.3. The highest BCUT2D eigenvalue weighted by molar-refractivity contribution is 7.89. The van der Waals surface area contributed by atoms with Gasteiger partial charge in [-0.25, -0.2) is 13.4 Å². The van der Waals surface area contributed by atoms with Crippen molar-refractivity contribution in [3.8, 4) is 0 Å². The smallest absolute Gasteiger partial charge is 0.261 e. The van der Waals surface area contributed by atoms with Crippen LogP contribution in [0.25, 0.3) is 10.9 Å². The third-order valence-corrected chi connectivity index (χ3v) is 8.31. The zero-order valence-corrected chi connectivity index (χ0v) is 20.4. The van der Waals surface area contributed by atoms with E-state index >= 15 is 0 Å². The molecule has 0 saturated carbocycles. The third-order valence-electron chi connectivity index (χ3n) is 6.27. The van der Waals surface area contributed by atoms with Crippen molar-refractivity contribution >= 4 is 32.5 Å². The van der Waals surface area contributed by atoms with Gasteiger partial charge in [-0.1, -0.05) is 31.0 Å². The Hall–Kier alpha value is -3.04. The van der Waals surface area contributed by atoms with Crippen LogP contribution < -0.4 is 10.9 Å². The maximum atomic E-state index is 13.3. The largest absolute Gasteiger partial charge is 0.326 e. The van der Waals surface area contributed by atoms with Crippen molar-refractivity contribution in [2.24, 2.45) is 0 Å². The quantitative estimate of drug-likeness (QED) is 0.578. The van der Waals surface area contributed by atoms with Crippen molar-refractivity contribution in [3.05, 3.63) is 64.2 Å². The van der Waals surface area contributed by atoms with Crippen LogP contribution in [0.4, 0.5) is 5.69 Å². The van der Waals surface area contributed by atoms with E-state index in [0.29, 0.717) is 41.1 Å². The molecule has 8 nitrogen and oxygen atoms in total. The Kier molecular flexibility index (Phi) is 7.13. The number of sulfonamides is 1. The summed E-state index contributed by atoms with van der Waals surface area (Å²) in [7, 11) is -3.63. The van der Waals surface area contributed by atoms with Crippen LogP contribution in [0.2, 0.25) is 0 Å². The van der Waals surface area contributed by atoms with Crippen LogP contribution >= 0.6 is 0 Å².